The maximum absolute atomic E-state index is 13.5. The molecule has 6 nitrogen and oxygen atoms in total. The number of carbonyl (C=O) groups is 1. The molecule has 0 heterocycles. The van der Waals surface area contributed by atoms with Crippen LogP contribution in [0.3, 0.4) is 0 Å². The van der Waals surface area contributed by atoms with E-state index in [1.807, 2.05) is 0 Å². The molecule has 0 fully saturated rings. The van der Waals surface area contributed by atoms with E-state index < -0.39 is 22.8 Å². The van der Waals surface area contributed by atoms with Crippen LogP contribution in [0.2, 0.25) is 0 Å². The fraction of sp³-hybridized carbons (Fsp3) is 0.300. The van der Waals surface area contributed by atoms with Gasteiger partial charge in [0.1, 0.15) is 6.04 Å². The van der Waals surface area contributed by atoms with Gasteiger partial charge in [0, 0.05) is 5.56 Å². The second kappa shape index (κ2) is 4.77. The fourth-order valence-corrected chi connectivity index (χ4v) is 1.27. The van der Waals surface area contributed by atoms with Crippen LogP contribution in [0.4, 0.5) is 15.8 Å². The van der Waals surface area contributed by atoms with Crippen LogP contribution < -0.4 is 5.32 Å². The summed E-state index contributed by atoms with van der Waals surface area (Å²) in [5.74, 6) is -1.99. The van der Waals surface area contributed by atoms with Gasteiger partial charge in [0.2, 0.25) is 0 Å². The third kappa shape index (κ3) is 2.90. The number of carboxylic acids is 1. The molecule has 0 aliphatic carbocycles. The van der Waals surface area contributed by atoms with Crippen molar-refractivity contribution in [3.8, 4) is 0 Å². The van der Waals surface area contributed by atoms with Crippen LogP contribution >= 0.6 is 0 Å². The minimum absolute atomic E-state index is 0.0667. The van der Waals surface area contributed by atoms with Crippen molar-refractivity contribution in [3.05, 3.63) is 33.6 Å². The molecule has 1 aromatic carbocycles. The SMILES string of the molecule is Cc1cc(N[C@H](C)C(=O)O)c(F)cc1[N+](=O)[O-]. The lowest BCUT2D eigenvalue weighted by molar-refractivity contribution is -0.385. The number of rotatable bonds is 4. The molecule has 0 aliphatic rings. The Balaban J connectivity index is 3.08. The second-order valence-corrected chi connectivity index (χ2v) is 3.58. The average molecular weight is 242 g/mol. The zero-order valence-corrected chi connectivity index (χ0v) is 9.23. The maximum atomic E-state index is 13.5. The summed E-state index contributed by atoms with van der Waals surface area (Å²) in [6, 6.07) is 1.00. The lowest BCUT2D eigenvalue weighted by Crippen LogP contribution is -2.25. The predicted octanol–water partition coefficient (Wildman–Crippen LogP) is 1.93. The molecule has 1 atom stereocenters. The number of hydrogen-bond donors (Lipinski definition) is 2. The van der Waals surface area contributed by atoms with Gasteiger partial charge in [-0.3, -0.25) is 14.9 Å². The highest BCUT2D eigenvalue weighted by Crippen LogP contribution is 2.25. The molecule has 0 radical (unpaired) electrons. The Hall–Kier alpha value is -2.18. The number of halogens is 1. The van der Waals surface area contributed by atoms with Crippen molar-refractivity contribution in [2.24, 2.45) is 0 Å². The fourth-order valence-electron chi connectivity index (χ4n) is 1.27. The summed E-state index contributed by atoms with van der Waals surface area (Å²) in [6.07, 6.45) is 0. The second-order valence-electron chi connectivity index (χ2n) is 3.58. The molecular weight excluding hydrogens is 231 g/mol. The minimum Gasteiger partial charge on any atom is -0.480 e. The highest BCUT2D eigenvalue weighted by atomic mass is 19.1. The third-order valence-electron chi connectivity index (χ3n) is 2.22. The molecule has 0 saturated carbocycles. The van der Waals surface area contributed by atoms with Crippen LogP contribution in [0.5, 0.6) is 0 Å². The molecular formula is C10H11FN2O4. The Kier molecular flexibility index (Phi) is 3.62. The molecule has 2 N–H and O–H groups in total. The van der Waals surface area contributed by atoms with Gasteiger partial charge in [-0.05, 0) is 19.9 Å². The number of nitro benzene ring substituents is 1. The first-order valence-electron chi connectivity index (χ1n) is 4.76. The number of nitrogens with one attached hydrogen (secondary N) is 1. The van der Waals surface area contributed by atoms with Gasteiger partial charge in [-0.15, -0.1) is 0 Å². The predicted molar refractivity (Wildman–Crippen MR) is 58.5 cm³/mol. The third-order valence-corrected chi connectivity index (χ3v) is 2.22. The number of aliphatic carboxylic acids is 1. The van der Waals surface area contributed by atoms with E-state index in [0.29, 0.717) is 0 Å². The van der Waals surface area contributed by atoms with Gasteiger partial charge in [-0.25, -0.2) is 4.39 Å². The quantitative estimate of drug-likeness (QED) is 0.621. The number of benzene rings is 1. The standard InChI is InChI=1S/C10H11FN2O4/c1-5-3-8(12-6(2)10(14)15)7(11)4-9(5)13(16)17/h3-4,6,12H,1-2H3,(H,14,15)/t6-/m1/s1. The zero-order valence-electron chi connectivity index (χ0n) is 9.23. The number of anilines is 1. The van der Waals surface area contributed by atoms with Crippen LogP contribution in [0, 0.1) is 22.9 Å². The van der Waals surface area contributed by atoms with E-state index in [4.69, 9.17) is 5.11 Å². The number of carboxylic acid groups (broad SMARTS) is 1. The van der Waals surface area contributed by atoms with Gasteiger partial charge in [-0.1, -0.05) is 0 Å². The van der Waals surface area contributed by atoms with Crippen molar-refractivity contribution in [1.82, 2.24) is 0 Å². The van der Waals surface area contributed by atoms with Crippen molar-refractivity contribution in [1.29, 1.82) is 0 Å². The monoisotopic (exact) mass is 242 g/mol. The summed E-state index contributed by atoms with van der Waals surface area (Å²) < 4.78 is 13.5. The van der Waals surface area contributed by atoms with E-state index in [2.05, 4.69) is 5.32 Å². The highest BCUT2D eigenvalue weighted by molar-refractivity contribution is 5.77. The largest absolute Gasteiger partial charge is 0.480 e. The summed E-state index contributed by atoms with van der Waals surface area (Å²) in [6.45, 7) is 2.80. The Bertz CT molecular complexity index is 476. The Labute approximate surface area is 96.2 Å². The topological polar surface area (TPSA) is 92.5 Å². The number of nitro groups is 1. The summed E-state index contributed by atoms with van der Waals surface area (Å²) in [7, 11) is 0. The first kappa shape index (κ1) is 12.9. The molecule has 0 saturated heterocycles. The van der Waals surface area contributed by atoms with Crippen LogP contribution in [0.25, 0.3) is 0 Å². The van der Waals surface area contributed by atoms with E-state index in [-0.39, 0.29) is 16.9 Å². The normalized spacial score (nSPS) is 11.9. The van der Waals surface area contributed by atoms with Gasteiger partial charge in [-0.2, -0.15) is 0 Å². The average Bonchev–Trinajstić information content (AvgIpc) is 2.22. The molecule has 0 aromatic heterocycles. The van der Waals surface area contributed by atoms with E-state index in [1.165, 1.54) is 19.9 Å². The number of hydrogen-bond acceptors (Lipinski definition) is 4. The zero-order chi connectivity index (χ0) is 13.2. The molecule has 17 heavy (non-hydrogen) atoms. The van der Waals surface area contributed by atoms with Gasteiger partial charge < -0.3 is 10.4 Å². The molecule has 0 amide bonds. The summed E-state index contributed by atoms with van der Waals surface area (Å²) in [5.41, 5.74) is -0.143. The summed E-state index contributed by atoms with van der Waals surface area (Å²) in [4.78, 5) is 20.4. The van der Waals surface area contributed by atoms with Crippen molar-refractivity contribution in [3.63, 3.8) is 0 Å². The van der Waals surface area contributed by atoms with E-state index >= 15 is 0 Å². The van der Waals surface area contributed by atoms with Gasteiger partial charge in [0.05, 0.1) is 16.7 Å². The molecule has 0 unspecified atom stereocenters. The Morgan fingerprint density at radius 1 is 1.59 bits per heavy atom. The first-order chi connectivity index (χ1) is 7.82. The summed E-state index contributed by atoms with van der Waals surface area (Å²) >= 11 is 0. The highest BCUT2D eigenvalue weighted by Gasteiger charge is 2.18. The minimum atomic E-state index is -1.14. The van der Waals surface area contributed by atoms with Crippen molar-refractivity contribution >= 4 is 17.3 Å². The molecule has 92 valence electrons. The van der Waals surface area contributed by atoms with Gasteiger partial charge >= 0.3 is 5.97 Å². The maximum Gasteiger partial charge on any atom is 0.325 e. The van der Waals surface area contributed by atoms with E-state index in [1.54, 1.807) is 0 Å². The molecule has 7 heteroatoms. The van der Waals surface area contributed by atoms with Crippen LogP contribution in [-0.2, 0) is 4.79 Å². The Morgan fingerprint density at radius 2 is 2.18 bits per heavy atom. The molecule has 0 aliphatic heterocycles. The van der Waals surface area contributed by atoms with Crippen LogP contribution in [0.15, 0.2) is 12.1 Å². The van der Waals surface area contributed by atoms with Crippen LogP contribution in [-0.4, -0.2) is 22.0 Å². The summed E-state index contributed by atoms with van der Waals surface area (Å²) in [5, 5.41) is 21.6. The van der Waals surface area contributed by atoms with Crippen LogP contribution in [0.1, 0.15) is 12.5 Å². The number of nitrogens with zero attached hydrogens (tertiary/aromatic N) is 1. The van der Waals surface area contributed by atoms with Crippen molar-refractivity contribution < 1.29 is 19.2 Å². The molecule has 0 spiro atoms. The van der Waals surface area contributed by atoms with Gasteiger partial charge in [0.25, 0.3) is 5.69 Å². The van der Waals surface area contributed by atoms with Gasteiger partial charge in [0.15, 0.2) is 5.82 Å². The lowest BCUT2D eigenvalue weighted by atomic mass is 10.1. The molecule has 1 aromatic rings. The first-order valence-corrected chi connectivity index (χ1v) is 4.76. The molecule has 0 bridgehead atoms. The van der Waals surface area contributed by atoms with E-state index in [9.17, 15) is 19.3 Å². The van der Waals surface area contributed by atoms with Crippen molar-refractivity contribution in [2.45, 2.75) is 19.9 Å². The molecule has 1 rings (SSSR count). The Morgan fingerprint density at radius 3 is 2.65 bits per heavy atom. The van der Waals surface area contributed by atoms with Crippen molar-refractivity contribution in [2.75, 3.05) is 5.32 Å². The smallest absolute Gasteiger partial charge is 0.325 e. The van der Waals surface area contributed by atoms with E-state index in [0.717, 1.165) is 6.07 Å². The lowest BCUT2D eigenvalue weighted by Gasteiger charge is -2.12. The number of aryl methyl sites for hydroxylation is 1.